The molecule has 106 valence electrons. The molecule has 2 aromatic rings. The highest BCUT2D eigenvalue weighted by molar-refractivity contribution is 6.07. The van der Waals surface area contributed by atoms with Crippen LogP contribution < -0.4 is 11.3 Å². The van der Waals surface area contributed by atoms with Gasteiger partial charge in [0.25, 0.3) is 5.91 Å². The number of carbonyl (C=O) groups excluding carboxylic acids is 1. The minimum absolute atomic E-state index is 0.129. The minimum Gasteiger partial charge on any atom is -0.290 e. The second kappa shape index (κ2) is 4.87. The van der Waals surface area contributed by atoms with Crippen LogP contribution in [0.15, 0.2) is 18.2 Å². The van der Waals surface area contributed by atoms with Gasteiger partial charge in [0.2, 0.25) is 0 Å². The van der Waals surface area contributed by atoms with Crippen molar-refractivity contribution in [2.45, 2.75) is 40.0 Å². The number of benzene rings is 1. The lowest BCUT2D eigenvalue weighted by Crippen LogP contribution is -2.31. The molecule has 0 fully saturated rings. The molecular formula is C16H21N3O. The predicted molar refractivity (Wildman–Crippen MR) is 81.6 cm³/mol. The van der Waals surface area contributed by atoms with Crippen molar-refractivity contribution in [1.82, 2.24) is 10.4 Å². The molecule has 0 bridgehead atoms. The molecule has 1 heterocycles. The van der Waals surface area contributed by atoms with Crippen molar-refractivity contribution in [3.63, 3.8) is 0 Å². The van der Waals surface area contributed by atoms with Crippen LogP contribution >= 0.6 is 0 Å². The highest BCUT2D eigenvalue weighted by Gasteiger charge is 2.21. The fourth-order valence-electron chi connectivity index (χ4n) is 2.40. The minimum atomic E-state index is -0.283. The van der Waals surface area contributed by atoms with E-state index in [9.17, 15) is 4.79 Å². The van der Waals surface area contributed by atoms with Gasteiger partial charge < -0.3 is 0 Å². The second-order valence-corrected chi connectivity index (χ2v) is 6.25. The van der Waals surface area contributed by atoms with Gasteiger partial charge in [-0.25, -0.2) is 5.84 Å². The van der Waals surface area contributed by atoms with Crippen molar-refractivity contribution in [3.8, 4) is 0 Å². The van der Waals surface area contributed by atoms with E-state index in [4.69, 9.17) is 10.8 Å². The van der Waals surface area contributed by atoms with Crippen LogP contribution in [0.1, 0.15) is 48.0 Å². The van der Waals surface area contributed by atoms with Gasteiger partial charge in [-0.15, -0.1) is 0 Å². The zero-order valence-electron chi connectivity index (χ0n) is 12.7. The Hall–Kier alpha value is -1.94. The average Bonchev–Trinajstić information content (AvgIpc) is 2.34. The largest absolute Gasteiger partial charge is 0.290 e. The highest BCUT2D eigenvalue weighted by Crippen LogP contribution is 2.28. The monoisotopic (exact) mass is 271 g/mol. The summed E-state index contributed by atoms with van der Waals surface area (Å²) in [7, 11) is 0. The number of amides is 1. The molecule has 0 aliphatic carbocycles. The Kier molecular flexibility index (Phi) is 3.52. The first-order valence-corrected chi connectivity index (χ1v) is 6.67. The molecule has 0 unspecified atom stereocenters. The van der Waals surface area contributed by atoms with Gasteiger partial charge >= 0.3 is 0 Å². The van der Waals surface area contributed by atoms with E-state index in [0.717, 1.165) is 27.7 Å². The molecule has 0 aliphatic rings. The van der Waals surface area contributed by atoms with E-state index < -0.39 is 0 Å². The van der Waals surface area contributed by atoms with Crippen LogP contribution in [0.25, 0.3) is 10.9 Å². The van der Waals surface area contributed by atoms with Gasteiger partial charge in [-0.3, -0.25) is 15.2 Å². The normalized spacial score (nSPS) is 11.7. The molecule has 0 saturated carbocycles. The van der Waals surface area contributed by atoms with Crippen molar-refractivity contribution >= 4 is 16.8 Å². The van der Waals surface area contributed by atoms with Crippen molar-refractivity contribution in [2.24, 2.45) is 5.84 Å². The first-order valence-electron chi connectivity index (χ1n) is 6.67. The van der Waals surface area contributed by atoms with Gasteiger partial charge in [-0.05, 0) is 37.1 Å². The number of aryl methyl sites for hydroxylation is 2. The van der Waals surface area contributed by atoms with Crippen LogP contribution in [0, 0.1) is 13.8 Å². The quantitative estimate of drug-likeness (QED) is 0.476. The smallest absolute Gasteiger partial charge is 0.265 e. The zero-order valence-corrected chi connectivity index (χ0v) is 12.7. The molecule has 4 nitrogen and oxygen atoms in total. The number of hydrogen-bond acceptors (Lipinski definition) is 3. The van der Waals surface area contributed by atoms with E-state index in [0.29, 0.717) is 5.56 Å². The Morgan fingerprint density at radius 1 is 1.20 bits per heavy atom. The summed E-state index contributed by atoms with van der Waals surface area (Å²) in [5.74, 6) is 5.03. The Morgan fingerprint density at radius 3 is 2.40 bits per heavy atom. The van der Waals surface area contributed by atoms with Crippen LogP contribution in [0.2, 0.25) is 0 Å². The van der Waals surface area contributed by atoms with Crippen LogP contribution in [0.3, 0.4) is 0 Å². The van der Waals surface area contributed by atoms with E-state index in [-0.39, 0.29) is 11.3 Å². The lowest BCUT2D eigenvalue weighted by atomic mass is 9.89. The molecule has 1 amide bonds. The van der Waals surface area contributed by atoms with Crippen LogP contribution in [0.4, 0.5) is 0 Å². The number of nitrogens with one attached hydrogen (secondary N) is 1. The summed E-state index contributed by atoms with van der Waals surface area (Å²) >= 11 is 0. The SMILES string of the molecule is Cc1cc(C)c2c(C(=O)NN)cc(C(C)(C)C)nc2c1. The molecule has 3 N–H and O–H groups in total. The van der Waals surface area contributed by atoms with Gasteiger partial charge in [0.1, 0.15) is 0 Å². The van der Waals surface area contributed by atoms with Gasteiger partial charge in [0, 0.05) is 16.5 Å². The molecule has 1 aromatic carbocycles. The summed E-state index contributed by atoms with van der Waals surface area (Å²) < 4.78 is 0. The number of fused-ring (bicyclic) bond motifs is 1. The number of nitrogen functional groups attached to an aromatic ring is 1. The number of nitrogens with two attached hydrogens (primary N) is 1. The van der Waals surface area contributed by atoms with Crippen molar-refractivity contribution < 1.29 is 4.79 Å². The number of carbonyl (C=O) groups is 1. The lowest BCUT2D eigenvalue weighted by Gasteiger charge is -2.20. The first-order chi connectivity index (χ1) is 9.24. The van der Waals surface area contributed by atoms with E-state index in [1.807, 2.05) is 32.0 Å². The van der Waals surface area contributed by atoms with Gasteiger partial charge in [-0.1, -0.05) is 26.8 Å². The molecule has 20 heavy (non-hydrogen) atoms. The van der Waals surface area contributed by atoms with Crippen LogP contribution in [-0.2, 0) is 5.41 Å². The predicted octanol–water partition coefficient (Wildman–Crippen LogP) is 2.75. The second-order valence-electron chi connectivity index (χ2n) is 6.25. The molecule has 1 aromatic heterocycles. The third-order valence-electron chi connectivity index (χ3n) is 3.39. The summed E-state index contributed by atoms with van der Waals surface area (Å²) in [6.07, 6.45) is 0. The molecule has 0 atom stereocenters. The van der Waals surface area contributed by atoms with Gasteiger partial charge in [-0.2, -0.15) is 0 Å². The van der Waals surface area contributed by atoms with Crippen LogP contribution in [-0.4, -0.2) is 10.9 Å². The number of rotatable bonds is 1. The van der Waals surface area contributed by atoms with Crippen LogP contribution in [0.5, 0.6) is 0 Å². The van der Waals surface area contributed by atoms with E-state index in [1.165, 1.54) is 0 Å². The summed E-state index contributed by atoms with van der Waals surface area (Å²) in [4.78, 5) is 16.8. The zero-order chi connectivity index (χ0) is 15.1. The Balaban J connectivity index is 2.89. The summed E-state index contributed by atoms with van der Waals surface area (Å²) in [5.41, 5.74) is 6.57. The number of nitrogens with zero attached hydrogens (tertiary/aromatic N) is 1. The molecule has 0 radical (unpaired) electrons. The van der Waals surface area contributed by atoms with E-state index in [1.54, 1.807) is 0 Å². The molecule has 0 saturated heterocycles. The summed E-state index contributed by atoms with van der Waals surface area (Å²) in [6, 6.07) is 5.89. The number of hydrazine groups is 1. The van der Waals surface area contributed by atoms with E-state index >= 15 is 0 Å². The van der Waals surface area contributed by atoms with Gasteiger partial charge in [0.05, 0.1) is 11.1 Å². The van der Waals surface area contributed by atoms with Crippen molar-refractivity contribution in [2.75, 3.05) is 0 Å². The Bertz CT molecular complexity index is 684. The molecule has 0 aliphatic heterocycles. The third-order valence-corrected chi connectivity index (χ3v) is 3.39. The fourth-order valence-corrected chi connectivity index (χ4v) is 2.40. The molecule has 0 spiro atoms. The maximum Gasteiger partial charge on any atom is 0.265 e. The number of pyridine rings is 1. The summed E-state index contributed by atoms with van der Waals surface area (Å²) in [5, 5.41) is 0.867. The highest BCUT2D eigenvalue weighted by atomic mass is 16.2. The van der Waals surface area contributed by atoms with Crippen molar-refractivity contribution in [3.05, 3.63) is 40.6 Å². The molecule has 4 heteroatoms. The Morgan fingerprint density at radius 2 is 1.85 bits per heavy atom. The maximum absolute atomic E-state index is 12.1. The first kappa shape index (κ1) is 14.5. The standard InChI is InChI=1S/C16H21N3O/c1-9-6-10(2)14-11(15(20)19-17)8-13(16(3,4)5)18-12(14)7-9/h6-8H,17H2,1-5H3,(H,19,20). The fraction of sp³-hybridized carbons (Fsp3) is 0.375. The summed E-state index contributed by atoms with van der Waals surface area (Å²) in [6.45, 7) is 10.2. The Labute approximate surface area is 119 Å². The molecular weight excluding hydrogens is 250 g/mol. The molecule has 2 rings (SSSR count). The van der Waals surface area contributed by atoms with Crippen molar-refractivity contribution in [1.29, 1.82) is 0 Å². The number of hydrogen-bond donors (Lipinski definition) is 2. The van der Waals surface area contributed by atoms with E-state index in [2.05, 4.69) is 26.2 Å². The average molecular weight is 271 g/mol. The maximum atomic E-state index is 12.1. The topological polar surface area (TPSA) is 68.0 Å². The van der Waals surface area contributed by atoms with Gasteiger partial charge in [0.15, 0.2) is 0 Å². The number of aromatic nitrogens is 1. The lowest BCUT2D eigenvalue weighted by molar-refractivity contribution is 0.0955. The third kappa shape index (κ3) is 2.51.